The number of hydrogen-bond donors (Lipinski definition) is 2. The van der Waals surface area contributed by atoms with Crippen molar-refractivity contribution in [3.63, 3.8) is 0 Å². The molecule has 1 fully saturated rings. The fraction of sp³-hybridized carbons (Fsp3) is 0.278. The van der Waals surface area contributed by atoms with Gasteiger partial charge in [-0.25, -0.2) is 0 Å². The monoisotopic (exact) mass is 294 g/mol. The van der Waals surface area contributed by atoms with Gasteiger partial charge in [0.1, 0.15) is 5.60 Å². The molecule has 2 aliphatic rings. The first kappa shape index (κ1) is 13.5. The van der Waals surface area contributed by atoms with Gasteiger partial charge in [-0.1, -0.05) is 24.3 Å². The van der Waals surface area contributed by atoms with Gasteiger partial charge in [0.05, 0.1) is 5.69 Å². The third-order valence-corrected chi connectivity index (χ3v) is 4.64. The first-order chi connectivity index (χ1) is 10.7. The number of rotatable bonds is 2. The molecule has 0 spiro atoms. The molecular weight excluding hydrogens is 276 g/mol. The first-order valence-electron chi connectivity index (χ1n) is 7.60. The van der Waals surface area contributed by atoms with E-state index < -0.39 is 5.60 Å². The van der Waals surface area contributed by atoms with Crippen LogP contribution < -0.4 is 5.32 Å². The number of Topliss-reactive ketones (excluding diaryl/α,β-unsaturated/α-hetero) is 1. The summed E-state index contributed by atoms with van der Waals surface area (Å²) in [6, 6.07) is 11.7. The molecule has 4 rings (SSSR count). The normalized spacial score (nSPS) is 24.2. The highest BCUT2D eigenvalue weighted by Crippen LogP contribution is 2.31. The van der Waals surface area contributed by atoms with Crippen molar-refractivity contribution in [2.24, 2.45) is 0 Å². The molecule has 112 valence electrons. The topological polar surface area (TPSA) is 54.3 Å². The van der Waals surface area contributed by atoms with Crippen LogP contribution in [0.15, 0.2) is 42.6 Å². The molecule has 0 aliphatic carbocycles. The van der Waals surface area contributed by atoms with E-state index in [2.05, 4.69) is 5.32 Å². The summed E-state index contributed by atoms with van der Waals surface area (Å²) in [5.74, 6) is 0.144. The lowest BCUT2D eigenvalue weighted by Gasteiger charge is -2.22. The fourth-order valence-corrected chi connectivity index (χ4v) is 3.32. The van der Waals surface area contributed by atoms with Crippen molar-refractivity contribution in [2.75, 3.05) is 13.1 Å². The molecule has 3 heterocycles. The van der Waals surface area contributed by atoms with Gasteiger partial charge in [0.25, 0.3) is 0 Å². The Morgan fingerprint density at radius 1 is 1.18 bits per heavy atom. The average molecular weight is 294 g/mol. The Labute approximate surface area is 129 Å². The summed E-state index contributed by atoms with van der Waals surface area (Å²) in [5, 5.41) is 13.8. The highest BCUT2D eigenvalue weighted by atomic mass is 16.3. The van der Waals surface area contributed by atoms with Gasteiger partial charge in [-0.2, -0.15) is 0 Å². The highest BCUT2D eigenvalue weighted by molar-refractivity contribution is 6.06. The van der Waals surface area contributed by atoms with E-state index >= 15 is 0 Å². The van der Waals surface area contributed by atoms with E-state index in [0.717, 1.165) is 35.4 Å². The number of aromatic nitrogens is 1. The van der Waals surface area contributed by atoms with Gasteiger partial charge < -0.3 is 15.0 Å². The third kappa shape index (κ3) is 2.12. The molecule has 0 amide bonds. The number of β-amino-alcohol motifs (C(OH)–C–C–N with tert-alkyl or cyclic N) is 1. The maximum atomic E-state index is 12.1. The molecule has 4 nitrogen and oxygen atoms in total. The molecule has 1 aromatic carbocycles. The molecule has 2 aromatic rings. The van der Waals surface area contributed by atoms with Crippen LogP contribution in [-0.4, -0.2) is 28.5 Å². The van der Waals surface area contributed by atoms with Crippen molar-refractivity contribution in [3.05, 3.63) is 59.4 Å². The van der Waals surface area contributed by atoms with Gasteiger partial charge in [0, 0.05) is 25.4 Å². The quantitative estimate of drug-likeness (QED) is 0.893. The Kier molecular flexibility index (Phi) is 3.03. The maximum absolute atomic E-state index is 12.1. The SMILES string of the molecule is O=C1CC(c2ccc(C3(O)CCNC3)cc2)=Cn2cccc21. The minimum atomic E-state index is -0.761. The second-order valence-corrected chi connectivity index (χ2v) is 6.09. The van der Waals surface area contributed by atoms with E-state index in [9.17, 15) is 9.90 Å². The number of fused-ring (bicyclic) bond motifs is 1. The van der Waals surface area contributed by atoms with Crippen molar-refractivity contribution >= 4 is 17.6 Å². The molecule has 0 saturated carbocycles. The van der Waals surface area contributed by atoms with Gasteiger partial charge in [0.15, 0.2) is 5.78 Å². The summed E-state index contributed by atoms with van der Waals surface area (Å²) in [6.07, 6.45) is 5.07. The van der Waals surface area contributed by atoms with Crippen LogP contribution in [0.2, 0.25) is 0 Å². The molecule has 1 atom stereocenters. The van der Waals surface area contributed by atoms with E-state index in [1.807, 2.05) is 53.4 Å². The van der Waals surface area contributed by atoms with Gasteiger partial charge in [-0.05, 0) is 41.8 Å². The summed E-state index contributed by atoms with van der Waals surface area (Å²) in [5.41, 5.74) is 2.96. The molecular formula is C18H18N2O2. The van der Waals surface area contributed by atoms with Crippen LogP contribution in [0.5, 0.6) is 0 Å². The van der Waals surface area contributed by atoms with Crippen LogP contribution in [0.25, 0.3) is 11.8 Å². The zero-order valence-corrected chi connectivity index (χ0v) is 12.2. The molecule has 1 unspecified atom stereocenters. The maximum Gasteiger partial charge on any atom is 0.183 e. The molecule has 0 bridgehead atoms. The molecule has 1 saturated heterocycles. The Balaban J connectivity index is 1.66. The predicted octanol–water partition coefficient (Wildman–Crippen LogP) is 2.25. The van der Waals surface area contributed by atoms with Gasteiger partial charge in [-0.15, -0.1) is 0 Å². The Hall–Kier alpha value is -2.17. The molecule has 4 heteroatoms. The minimum absolute atomic E-state index is 0.144. The smallest absolute Gasteiger partial charge is 0.183 e. The second-order valence-electron chi connectivity index (χ2n) is 6.09. The number of aliphatic hydroxyl groups is 1. The third-order valence-electron chi connectivity index (χ3n) is 4.64. The molecule has 0 radical (unpaired) electrons. The van der Waals surface area contributed by atoms with E-state index in [4.69, 9.17) is 0 Å². The number of allylic oxidation sites excluding steroid dienone is 1. The summed E-state index contributed by atoms with van der Waals surface area (Å²) >= 11 is 0. The summed E-state index contributed by atoms with van der Waals surface area (Å²) in [4.78, 5) is 12.1. The average Bonchev–Trinajstić information content (AvgIpc) is 3.17. The number of benzene rings is 1. The largest absolute Gasteiger partial charge is 0.384 e. The molecule has 22 heavy (non-hydrogen) atoms. The van der Waals surface area contributed by atoms with Crippen LogP contribution in [0.3, 0.4) is 0 Å². The minimum Gasteiger partial charge on any atom is -0.384 e. The second kappa shape index (κ2) is 4.93. The van der Waals surface area contributed by atoms with Crippen LogP contribution in [0, 0.1) is 0 Å². The lowest BCUT2D eigenvalue weighted by atomic mass is 9.90. The predicted molar refractivity (Wildman–Crippen MR) is 85.4 cm³/mol. The highest BCUT2D eigenvalue weighted by Gasteiger charge is 2.32. The van der Waals surface area contributed by atoms with Crippen molar-refractivity contribution in [1.29, 1.82) is 0 Å². The zero-order valence-electron chi connectivity index (χ0n) is 12.2. The number of hydrogen-bond acceptors (Lipinski definition) is 3. The Morgan fingerprint density at radius 2 is 2.00 bits per heavy atom. The van der Waals surface area contributed by atoms with Crippen LogP contribution in [0.4, 0.5) is 0 Å². The fourth-order valence-electron chi connectivity index (χ4n) is 3.32. The Morgan fingerprint density at radius 3 is 2.73 bits per heavy atom. The number of ketones is 1. The van der Waals surface area contributed by atoms with Crippen LogP contribution >= 0.6 is 0 Å². The summed E-state index contributed by atoms with van der Waals surface area (Å²) in [6.45, 7) is 1.44. The molecule has 1 aromatic heterocycles. The first-order valence-corrected chi connectivity index (χ1v) is 7.60. The lowest BCUT2D eigenvalue weighted by Crippen LogP contribution is -2.28. The van der Waals surface area contributed by atoms with Gasteiger partial charge in [0.2, 0.25) is 0 Å². The molecule has 2 aliphatic heterocycles. The van der Waals surface area contributed by atoms with Gasteiger partial charge in [-0.3, -0.25) is 4.79 Å². The zero-order chi connectivity index (χ0) is 15.2. The van der Waals surface area contributed by atoms with Crippen molar-refractivity contribution in [2.45, 2.75) is 18.4 Å². The van der Waals surface area contributed by atoms with E-state index in [1.54, 1.807) is 0 Å². The van der Waals surface area contributed by atoms with Gasteiger partial charge >= 0.3 is 0 Å². The van der Waals surface area contributed by atoms with Crippen molar-refractivity contribution in [3.8, 4) is 0 Å². The summed E-state index contributed by atoms with van der Waals surface area (Å²) in [7, 11) is 0. The van der Waals surface area contributed by atoms with E-state index in [-0.39, 0.29) is 5.78 Å². The number of nitrogens with zero attached hydrogens (tertiary/aromatic N) is 1. The molecule has 2 N–H and O–H groups in total. The number of nitrogens with one attached hydrogen (secondary N) is 1. The lowest BCUT2D eigenvalue weighted by molar-refractivity contribution is 0.0587. The van der Waals surface area contributed by atoms with E-state index in [0.29, 0.717) is 13.0 Å². The van der Waals surface area contributed by atoms with Crippen molar-refractivity contribution < 1.29 is 9.90 Å². The van der Waals surface area contributed by atoms with Crippen LogP contribution in [-0.2, 0) is 5.60 Å². The van der Waals surface area contributed by atoms with Crippen molar-refractivity contribution in [1.82, 2.24) is 9.88 Å². The van der Waals surface area contributed by atoms with Crippen LogP contribution in [0.1, 0.15) is 34.5 Å². The Bertz CT molecular complexity index is 750. The number of carbonyl (C=O) groups is 1. The van der Waals surface area contributed by atoms with E-state index in [1.165, 1.54) is 0 Å². The summed E-state index contributed by atoms with van der Waals surface area (Å²) < 4.78 is 1.88. The standard InChI is InChI=1S/C18H18N2O2/c21-17-10-14(11-20-9-1-2-16(17)20)13-3-5-15(6-4-13)18(22)7-8-19-12-18/h1-6,9,11,19,22H,7-8,10,12H2. The number of carbonyl (C=O) groups excluding carboxylic acids is 1.